The Labute approximate surface area is 139 Å². The third-order valence-corrected chi connectivity index (χ3v) is 4.37. The zero-order chi connectivity index (χ0) is 17.2. The van der Waals surface area contributed by atoms with Crippen molar-refractivity contribution >= 4 is 23.5 Å². The Hall–Kier alpha value is -1.82. The van der Waals surface area contributed by atoms with Crippen molar-refractivity contribution in [2.45, 2.75) is 32.8 Å². The SMILES string of the molecule is CC(Oc1ccc(F)cc1Cl)C(=O)N1CCCC(C)(C(=O)O)C1. The number of hydrogen-bond donors (Lipinski definition) is 1. The second kappa shape index (κ2) is 6.74. The first kappa shape index (κ1) is 17.5. The number of piperidine rings is 1. The van der Waals surface area contributed by atoms with Crippen molar-refractivity contribution < 1.29 is 23.8 Å². The molecule has 7 heteroatoms. The van der Waals surface area contributed by atoms with Crippen LogP contribution in [0.4, 0.5) is 4.39 Å². The first-order valence-electron chi connectivity index (χ1n) is 7.37. The zero-order valence-corrected chi connectivity index (χ0v) is 13.8. The topological polar surface area (TPSA) is 66.8 Å². The number of carboxylic acid groups (broad SMARTS) is 1. The average Bonchev–Trinajstić information content (AvgIpc) is 2.49. The molecule has 5 nitrogen and oxygen atoms in total. The molecule has 1 heterocycles. The number of carbonyl (C=O) groups excluding carboxylic acids is 1. The van der Waals surface area contributed by atoms with Crippen molar-refractivity contribution in [2.24, 2.45) is 5.41 Å². The Balaban J connectivity index is 2.06. The van der Waals surface area contributed by atoms with Crippen LogP contribution in [0.5, 0.6) is 5.75 Å². The second-order valence-corrected chi connectivity index (χ2v) is 6.47. The van der Waals surface area contributed by atoms with Crippen LogP contribution in [0, 0.1) is 11.2 Å². The molecule has 0 spiro atoms. The maximum absolute atomic E-state index is 13.0. The Bertz CT molecular complexity index is 624. The molecule has 23 heavy (non-hydrogen) atoms. The normalized spacial score (nSPS) is 22.5. The minimum atomic E-state index is -0.943. The van der Waals surface area contributed by atoms with Crippen LogP contribution in [-0.4, -0.2) is 41.1 Å². The van der Waals surface area contributed by atoms with E-state index in [0.717, 1.165) is 6.07 Å². The molecule has 0 aromatic heterocycles. The summed E-state index contributed by atoms with van der Waals surface area (Å²) in [5.41, 5.74) is -0.943. The van der Waals surface area contributed by atoms with Crippen LogP contribution in [0.15, 0.2) is 18.2 Å². The molecule has 1 aromatic rings. The van der Waals surface area contributed by atoms with Crippen LogP contribution < -0.4 is 4.74 Å². The first-order chi connectivity index (χ1) is 10.7. The fourth-order valence-corrected chi connectivity index (χ4v) is 2.88. The highest BCUT2D eigenvalue weighted by Gasteiger charge is 2.40. The van der Waals surface area contributed by atoms with E-state index in [9.17, 15) is 19.1 Å². The van der Waals surface area contributed by atoms with Crippen molar-refractivity contribution in [3.05, 3.63) is 29.0 Å². The average molecular weight is 344 g/mol. The number of halogens is 2. The predicted molar refractivity (Wildman–Crippen MR) is 83.1 cm³/mol. The highest BCUT2D eigenvalue weighted by molar-refractivity contribution is 6.32. The van der Waals surface area contributed by atoms with Crippen molar-refractivity contribution in [3.8, 4) is 5.75 Å². The number of carbonyl (C=O) groups is 2. The summed E-state index contributed by atoms with van der Waals surface area (Å²) < 4.78 is 18.5. The summed E-state index contributed by atoms with van der Waals surface area (Å²) in [5, 5.41) is 9.39. The molecule has 0 radical (unpaired) electrons. The van der Waals surface area contributed by atoms with Crippen molar-refractivity contribution in [2.75, 3.05) is 13.1 Å². The molecule has 126 valence electrons. The number of benzene rings is 1. The van der Waals surface area contributed by atoms with Gasteiger partial charge < -0.3 is 14.7 Å². The summed E-state index contributed by atoms with van der Waals surface area (Å²) in [6.07, 6.45) is 0.318. The molecule has 1 aliphatic rings. The summed E-state index contributed by atoms with van der Waals surface area (Å²) in [4.78, 5) is 25.3. The van der Waals surface area contributed by atoms with Crippen LogP contribution in [-0.2, 0) is 9.59 Å². The third kappa shape index (κ3) is 3.93. The summed E-state index contributed by atoms with van der Waals surface area (Å²) in [5.74, 6) is -1.50. The lowest BCUT2D eigenvalue weighted by molar-refractivity contribution is -0.155. The number of carboxylic acids is 1. The number of nitrogens with zero attached hydrogens (tertiary/aromatic N) is 1. The number of amides is 1. The molecule has 2 unspecified atom stereocenters. The van der Waals surface area contributed by atoms with E-state index in [1.54, 1.807) is 13.8 Å². The van der Waals surface area contributed by atoms with Crippen LogP contribution >= 0.6 is 11.6 Å². The summed E-state index contributed by atoms with van der Waals surface area (Å²) in [6, 6.07) is 3.66. The highest BCUT2D eigenvalue weighted by atomic mass is 35.5. The molecule has 1 N–H and O–H groups in total. The van der Waals surface area contributed by atoms with Crippen LogP contribution in [0.25, 0.3) is 0 Å². The van der Waals surface area contributed by atoms with E-state index in [2.05, 4.69) is 0 Å². The van der Waals surface area contributed by atoms with Gasteiger partial charge in [0, 0.05) is 13.1 Å². The standard InChI is InChI=1S/C16H19ClFNO4/c1-10(23-13-5-4-11(18)8-12(13)17)14(20)19-7-3-6-16(2,9-19)15(21)22/h4-5,8,10H,3,6-7,9H2,1-2H3,(H,21,22). The fraction of sp³-hybridized carbons (Fsp3) is 0.500. The van der Waals surface area contributed by atoms with Gasteiger partial charge in [-0.2, -0.15) is 0 Å². The van der Waals surface area contributed by atoms with Crippen LogP contribution in [0.2, 0.25) is 5.02 Å². The van der Waals surface area contributed by atoms with Gasteiger partial charge in [0.1, 0.15) is 11.6 Å². The molecule has 2 atom stereocenters. The van der Waals surface area contributed by atoms with E-state index >= 15 is 0 Å². The maximum atomic E-state index is 13.0. The minimum absolute atomic E-state index is 0.0821. The number of likely N-dealkylation sites (tertiary alicyclic amines) is 1. The largest absolute Gasteiger partial charge is 0.481 e. The van der Waals surface area contributed by atoms with Gasteiger partial charge in [-0.1, -0.05) is 11.6 Å². The molecule has 0 saturated carbocycles. The molecule has 1 saturated heterocycles. The molecule has 0 aliphatic carbocycles. The molecule has 1 aromatic carbocycles. The minimum Gasteiger partial charge on any atom is -0.481 e. The summed E-state index contributed by atoms with van der Waals surface area (Å²) in [6.45, 7) is 3.84. The van der Waals surface area contributed by atoms with E-state index in [-0.39, 0.29) is 23.2 Å². The van der Waals surface area contributed by atoms with E-state index in [1.807, 2.05) is 0 Å². The van der Waals surface area contributed by atoms with E-state index < -0.39 is 23.3 Å². The van der Waals surface area contributed by atoms with Crippen LogP contribution in [0.3, 0.4) is 0 Å². The van der Waals surface area contributed by atoms with Gasteiger partial charge in [-0.05, 0) is 44.9 Å². The smallest absolute Gasteiger partial charge is 0.311 e. The molecule has 0 bridgehead atoms. The predicted octanol–water partition coefficient (Wildman–Crippen LogP) is 2.96. The van der Waals surface area contributed by atoms with E-state index in [4.69, 9.17) is 16.3 Å². The molecule has 1 aliphatic heterocycles. The monoisotopic (exact) mass is 343 g/mol. The van der Waals surface area contributed by atoms with Gasteiger partial charge >= 0.3 is 5.97 Å². The van der Waals surface area contributed by atoms with Gasteiger partial charge in [0.2, 0.25) is 0 Å². The van der Waals surface area contributed by atoms with Crippen molar-refractivity contribution in [1.29, 1.82) is 0 Å². The molecular formula is C16H19ClFNO4. The first-order valence-corrected chi connectivity index (χ1v) is 7.74. The lowest BCUT2D eigenvalue weighted by Gasteiger charge is -2.38. The highest BCUT2D eigenvalue weighted by Crippen LogP contribution is 2.31. The molecule has 1 fully saturated rings. The fourth-order valence-electron chi connectivity index (χ4n) is 2.67. The van der Waals surface area contributed by atoms with Gasteiger partial charge in [0.05, 0.1) is 10.4 Å². The van der Waals surface area contributed by atoms with E-state index in [0.29, 0.717) is 19.4 Å². The lowest BCUT2D eigenvalue weighted by atomic mass is 9.82. The van der Waals surface area contributed by atoms with Crippen LogP contribution in [0.1, 0.15) is 26.7 Å². The second-order valence-electron chi connectivity index (χ2n) is 6.06. The third-order valence-electron chi connectivity index (χ3n) is 4.07. The zero-order valence-electron chi connectivity index (χ0n) is 13.0. The van der Waals surface area contributed by atoms with Crippen molar-refractivity contribution in [3.63, 3.8) is 0 Å². The van der Waals surface area contributed by atoms with Gasteiger partial charge in [-0.3, -0.25) is 9.59 Å². The van der Waals surface area contributed by atoms with Gasteiger partial charge in [-0.25, -0.2) is 4.39 Å². The van der Waals surface area contributed by atoms with Crippen molar-refractivity contribution in [1.82, 2.24) is 4.90 Å². The van der Waals surface area contributed by atoms with Gasteiger partial charge in [0.15, 0.2) is 6.10 Å². The molecule has 2 rings (SSSR count). The molecular weight excluding hydrogens is 325 g/mol. The number of rotatable bonds is 4. The number of aliphatic carboxylic acids is 1. The Morgan fingerprint density at radius 3 is 2.78 bits per heavy atom. The van der Waals surface area contributed by atoms with Gasteiger partial charge in [0.25, 0.3) is 5.91 Å². The van der Waals surface area contributed by atoms with E-state index in [1.165, 1.54) is 17.0 Å². The summed E-state index contributed by atoms with van der Waals surface area (Å²) in [7, 11) is 0. The number of hydrogen-bond acceptors (Lipinski definition) is 3. The Morgan fingerprint density at radius 1 is 1.48 bits per heavy atom. The number of ether oxygens (including phenoxy) is 1. The molecule has 1 amide bonds. The Morgan fingerprint density at radius 2 is 2.17 bits per heavy atom. The lowest BCUT2D eigenvalue weighted by Crippen LogP contribution is -2.51. The Kier molecular flexibility index (Phi) is 5.14. The maximum Gasteiger partial charge on any atom is 0.311 e. The van der Waals surface area contributed by atoms with Gasteiger partial charge in [-0.15, -0.1) is 0 Å². The summed E-state index contributed by atoms with van der Waals surface area (Å²) >= 11 is 5.88. The quantitative estimate of drug-likeness (QED) is 0.912.